The number of nitrogens with zero attached hydrogens (tertiary/aromatic N) is 1. The van der Waals surface area contributed by atoms with Gasteiger partial charge in [-0.2, -0.15) is 0 Å². The van der Waals surface area contributed by atoms with Gasteiger partial charge in [0, 0.05) is 6.07 Å². The van der Waals surface area contributed by atoms with Gasteiger partial charge in [0.15, 0.2) is 0 Å². The number of aliphatic hydroxyl groups excluding tert-OH is 1. The number of carbonyl (C=O) groups excluding carboxylic acids is 1. The predicted molar refractivity (Wildman–Crippen MR) is 76.3 cm³/mol. The van der Waals surface area contributed by atoms with Gasteiger partial charge in [0.1, 0.15) is 11.7 Å². The molecule has 0 aliphatic heterocycles. The van der Waals surface area contributed by atoms with Crippen LogP contribution in [0.1, 0.15) is 24.0 Å². The summed E-state index contributed by atoms with van der Waals surface area (Å²) in [4.78, 5) is 22.2. The molecule has 0 bridgehead atoms. The SMILES string of the molecule is COC(=O)[C@H](CO)Nc1cc2c(cc1[N+](=O)[O-])CCCC2. The summed E-state index contributed by atoms with van der Waals surface area (Å²) in [5.41, 5.74) is 2.19. The van der Waals surface area contributed by atoms with Crippen LogP contribution in [0.3, 0.4) is 0 Å². The molecule has 0 saturated carbocycles. The van der Waals surface area contributed by atoms with E-state index in [1.165, 1.54) is 7.11 Å². The zero-order chi connectivity index (χ0) is 15.4. The van der Waals surface area contributed by atoms with Crippen molar-refractivity contribution < 1.29 is 19.6 Å². The second kappa shape index (κ2) is 6.53. The molecule has 1 aromatic carbocycles. The summed E-state index contributed by atoms with van der Waals surface area (Å²) >= 11 is 0. The number of hydrogen-bond acceptors (Lipinski definition) is 6. The van der Waals surface area contributed by atoms with Crippen molar-refractivity contribution >= 4 is 17.3 Å². The molecule has 114 valence electrons. The lowest BCUT2D eigenvalue weighted by Crippen LogP contribution is -2.34. The third-order valence-corrected chi connectivity index (χ3v) is 3.65. The highest BCUT2D eigenvalue weighted by Crippen LogP contribution is 2.32. The minimum Gasteiger partial charge on any atom is -0.467 e. The summed E-state index contributed by atoms with van der Waals surface area (Å²) in [5.74, 6) is -0.662. The predicted octanol–water partition coefficient (Wildman–Crippen LogP) is 1.42. The molecule has 1 aromatic rings. The highest BCUT2D eigenvalue weighted by atomic mass is 16.6. The molecule has 0 heterocycles. The first-order valence-electron chi connectivity index (χ1n) is 6.82. The van der Waals surface area contributed by atoms with E-state index < -0.39 is 23.5 Å². The Morgan fingerprint density at radius 1 is 1.43 bits per heavy atom. The van der Waals surface area contributed by atoms with Crippen molar-refractivity contribution in [2.45, 2.75) is 31.7 Å². The first-order chi connectivity index (χ1) is 10.1. The largest absolute Gasteiger partial charge is 0.467 e. The number of benzene rings is 1. The van der Waals surface area contributed by atoms with E-state index in [4.69, 9.17) is 0 Å². The maximum Gasteiger partial charge on any atom is 0.330 e. The van der Waals surface area contributed by atoms with Crippen LogP contribution in [0.5, 0.6) is 0 Å². The topological polar surface area (TPSA) is 102 Å². The standard InChI is InChI=1S/C14H18N2O5/c1-21-14(18)12(8-17)15-11-6-9-4-2-3-5-10(9)7-13(11)16(19)20/h6-7,12,15,17H,2-5,8H2,1H3/t12-/m0/s1. The maximum atomic E-state index is 11.5. The highest BCUT2D eigenvalue weighted by molar-refractivity contribution is 5.81. The summed E-state index contributed by atoms with van der Waals surface area (Å²) < 4.78 is 4.56. The quantitative estimate of drug-likeness (QED) is 0.484. The van der Waals surface area contributed by atoms with E-state index in [0.717, 1.165) is 36.8 Å². The Morgan fingerprint density at radius 2 is 2.05 bits per heavy atom. The molecule has 7 nitrogen and oxygen atoms in total. The van der Waals surface area contributed by atoms with Gasteiger partial charge in [-0.25, -0.2) is 4.79 Å². The van der Waals surface area contributed by atoms with E-state index >= 15 is 0 Å². The van der Waals surface area contributed by atoms with Crippen molar-refractivity contribution in [1.82, 2.24) is 0 Å². The van der Waals surface area contributed by atoms with Gasteiger partial charge in [0.25, 0.3) is 5.69 Å². The Bertz CT molecular complexity index is 559. The summed E-state index contributed by atoms with van der Waals surface area (Å²) in [6.07, 6.45) is 3.77. The number of esters is 1. The molecule has 1 aliphatic rings. The number of hydrogen-bond donors (Lipinski definition) is 2. The fourth-order valence-corrected chi connectivity index (χ4v) is 2.55. The molecule has 0 aromatic heterocycles. The van der Waals surface area contributed by atoms with Gasteiger partial charge in [-0.1, -0.05) is 0 Å². The number of nitro groups is 1. The van der Waals surface area contributed by atoms with E-state index in [9.17, 15) is 20.0 Å². The summed E-state index contributed by atoms with van der Waals surface area (Å²) in [7, 11) is 1.20. The van der Waals surface area contributed by atoms with Crippen molar-refractivity contribution in [3.05, 3.63) is 33.4 Å². The van der Waals surface area contributed by atoms with Crippen molar-refractivity contribution in [2.24, 2.45) is 0 Å². The van der Waals surface area contributed by atoms with Crippen LogP contribution in [-0.2, 0) is 22.4 Å². The zero-order valence-corrected chi connectivity index (χ0v) is 11.8. The molecule has 0 spiro atoms. The second-order valence-electron chi connectivity index (χ2n) is 5.00. The zero-order valence-electron chi connectivity index (χ0n) is 11.8. The number of aliphatic hydroxyl groups is 1. The monoisotopic (exact) mass is 294 g/mol. The minimum absolute atomic E-state index is 0.0852. The Kier molecular flexibility index (Phi) is 4.74. The number of methoxy groups -OCH3 is 1. The number of ether oxygens (including phenoxy) is 1. The third kappa shape index (κ3) is 3.30. The molecular formula is C14H18N2O5. The van der Waals surface area contributed by atoms with Crippen LogP contribution in [0.4, 0.5) is 11.4 Å². The van der Waals surface area contributed by atoms with Crippen molar-refractivity contribution in [3.63, 3.8) is 0 Å². The van der Waals surface area contributed by atoms with E-state index in [1.807, 2.05) is 0 Å². The third-order valence-electron chi connectivity index (χ3n) is 3.65. The Hall–Kier alpha value is -2.15. The van der Waals surface area contributed by atoms with Crippen LogP contribution in [0, 0.1) is 10.1 Å². The van der Waals surface area contributed by atoms with Crippen LogP contribution in [0.15, 0.2) is 12.1 Å². The van der Waals surface area contributed by atoms with Gasteiger partial charge in [0.2, 0.25) is 0 Å². The maximum absolute atomic E-state index is 11.5. The molecule has 2 rings (SSSR count). The van der Waals surface area contributed by atoms with Gasteiger partial charge in [-0.05, 0) is 42.9 Å². The molecule has 0 unspecified atom stereocenters. The average Bonchev–Trinajstić information content (AvgIpc) is 2.50. The Morgan fingerprint density at radius 3 is 2.57 bits per heavy atom. The van der Waals surface area contributed by atoms with Crippen molar-refractivity contribution in [1.29, 1.82) is 0 Å². The highest BCUT2D eigenvalue weighted by Gasteiger charge is 2.25. The Balaban J connectivity index is 2.36. The molecule has 1 atom stereocenters. The normalized spacial score (nSPS) is 15.0. The first kappa shape index (κ1) is 15.2. The smallest absolute Gasteiger partial charge is 0.330 e. The fraction of sp³-hybridized carbons (Fsp3) is 0.500. The molecule has 0 radical (unpaired) electrons. The van der Waals surface area contributed by atoms with E-state index in [1.54, 1.807) is 12.1 Å². The average molecular weight is 294 g/mol. The van der Waals surface area contributed by atoms with E-state index in [0.29, 0.717) is 0 Å². The van der Waals surface area contributed by atoms with Gasteiger partial charge >= 0.3 is 5.97 Å². The van der Waals surface area contributed by atoms with Gasteiger partial charge < -0.3 is 15.2 Å². The number of nitrogens with one attached hydrogen (secondary N) is 1. The van der Waals surface area contributed by atoms with Crippen LogP contribution >= 0.6 is 0 Å². The number of fused-ring (bicyclic) bond motifs is 1. The number of nitro benzene ring substituents is 1. The Labute approximate surface area is 122 Å². The molecular weight excluding hydrogens is 276 g/mol. The molecule has 1 aliphatic carbocycles. The molecule has 0 saturated heterocycles. The summed E-state index contributed by atoms with van der Waals surface area (Å²) in [5, 5.41) is 23.1. The summed E-state index contributed by atoms with van der Waals surface area (Å²) in [6, 6.07) is 2.25. The molecule has 0 fully saturated rings. The number of carbonyl (C=O) groups is 1. The van der Waals surface area contributed by atoms with Crippen LogP contribution in [0.2, 0.25) is 0 Å². The lowest BCUT2D eigenvalue weighted by Gasteiger charge is -2.19. The molecule has 2 N–H and O–H groups in total. The first-order valence-corrected chi connectivity index (χ1v) is 6.82. The molecule has 0 amide bonds. The van der Waals surface area contributed by atoms with E-state index in [-0.39, 0.29) is 11.4 Å². The van der Waals surface area contributed by atoms with Gasteiger partial charge in [-0.15, -0.1) is 0 Å². The lowest BCUT2D eigenvalue weighted by molar-refractivity contribution is -0.384. The lowest BCUT2D eigenvalue weighted by atomic mass is 9.90. The number of anilines is 1. The summed E-state index contributed by atoms with van der Waals surface area (Å²) in [6.45, 7) is -0.499. The molecule has 21 heavy (non-hydrogen) atoms. The van der Waals surface area contributed by atoms with Crippen LogP contribution in [-0.4, -0.2) is 35.8 Å². The number of rotatable bonds is 5. The van der Waals surface area contributed by atoms with Gasteiger partial charge in [-0.3, -0.25) is 10.1 Å². The molecule has 7 heteroatoms. The van der Waals surface area contributed by atoms with E-state index in [2.05, 4.69) is 10.1 Å². The van der Waals surface area contributed by atoms with Crippen LogP contribution < -0.4 is 5.32 Å². The fourth-order valence-electron chi connectivity index (χ4n) is 2.55. The second-order valence-corrected chi connectivity index (χ2v) is 5.00. The number of aryl methyl sites for hydroxylation is 2. The van der Waals surface area contributed by atoms with Crippen molar-refractivity contribution in [3.8, 4) is 0 Å². The van der Waals surface area contributed by atoms with Crippen molar-refractivity contribution in [2.75, 3.05) is 19.0 Å². The van der Waals surface area contributed by atoms with Crippen LogP contribution in [0.25, 0.3) is 0 Å². The van der Waals surface area contributed by atoms with Gasteiger partial charge in [0.05, 0.1) is 18.6 Å². The minimum atomic E-state index is -1.02.